The van der Waals surface area contributed by atoms with Gasteiger partial charge in [0.25, 0.3) is 0 Å². The number of phenolic OH excluding ortho intramolecular Hbond substituents is 1. The normalized spacial score (nSPS) is 16.2. The van der Waals surface area contributed by atoms with Gasteiger partial charge in [-0.15, -0.1) is 0 Å². The first-order valence-electron chi connectivity index (χ1n) is 6.36. The van der Waals surface area contributed by atoms with Gasteiger partial charge in [0.05, 0.1) is 5.57 Å². The Kier molecular flexibility index (Phi) is 4.03. The molecular weight excluding hydrogens is 228 g/mol. The third-order valence-electron chi connectivity index (χ3n) is 3.29. The van der Waals surface area contributed by atoms with Crippen LogP contribution in [0.25, 0.3) is 5.57 Å². The molecule has 1 N–H and O–H groups in total. The van der Waals surface area contributed by atoms with Crippen molar-refractivity contribution in [3.05, 3.63) is 36.4 Å². The molecule has 1 aromatic carbocycles. The first-order chi connectivity index (χ1) is 8.66. The first kappa shape index (κ1) is 12.7. The second kappa shape index (κ2) is 5.71. The Balaban J connectivity index is 1.95. The monoisotopic (exact) mass is 246 g/mol. The van der Waals surface area contributed by atoms with Gasteiger partial charge in [-0.1, -0.05) is 25.1 Å². The summed E-state index contributed by atoms with van der Waals surface area (Å²) in [5, 5.41) is 9.19. The Morgan fingerprint density at radius 2 is 1.78 bits per heavy atom. The molecule has 0 aromatic heterocycles. The van der Waals surface area contributed by atoms with Crippen molar-refractivity contribution in [2.75, 3.05) is 0 Å². The van der Waals surface area contributed by atoms with Crippen LogP contribution in [0, 0.1) is 0 Å². The second-order valence-electron chi connectivity index (χ2n) is 4.69. The minimum atomic E-state index is -0.354. The van der Waals surface area contributed by atoms with Crippen molar-refractivity contribution >= 4 is 11.5 Å². The summed E-state index contributed by atoms with van der Waals surface area (Å²) in [6.45, 7) is 3.76. The van der Waals surface area contributed by atoms with Crippen LogP contribution in [0.2, 0.25) is 0 Å². The molecule has 0 saturated heterocycles. The van der Waals surface area contributed by atoms with Gasteiger partial charge in [0.1, 0.15) is 11.9 Å². The molecule has 0 spiro atoms. The van der Waals surface area contributed by atoms with E-state index in [1.165, 1.54) is 18.6 Å². The van der Waals surface area contributed by atoms with E-state index < -0.39 is 0 Å². The standard InChI is InChI=1S/C15H18O3/c1-11(12-7-9-13(16)10-8-12)15(17)18-14-5-3-2-4-6-14/h7-10,14,16H,1-6H2. The predicted octanol–water partition coefficient (Wildman–Crippen LogP) is 3.28. The number of benzene rings is 1. The van der Waals surface area contributed by atoms with Gasteiger partial charge in [-0.25, -0.2) is 4.79 Å². The molecule has 1 aliphatic rings. The average Bonchev–Trinajstić information content (AvgIpc) is 2.40. The van der Waals surface area contributed by atoms with Crippen LogP contribution in [0.15, 0.2) is 30.8 Å². The van der Waals surface area contributed by atoms with Crippen molar-refractivity contribution in [2.45, 2.75) is 38.2 Å². The van der Waals surface area contributed by atoms with Gasteiger partial charge >= 0.3 is 5.97 Å². The van der Waals surface area contributed by atoms with Gasteiger partial charge in [-0.2, -0.15) is 0 Å². The molecule has 18 heavy (non-hydrogen) atoms. The fraction of sp³-hybridized carbons (Fsp3) is 0.400. The highest BCUT2D eigenvalue weighted by Gasteiger charge is 2.19. The minimum absolute atomic E-state index is 0.0418. The van der Waals surface area contributed by atoms with Gasteiger partial charge in [-0.05, 0) is 43.4 Å². The smallest absolute Gasteiger partial charge is 0.338 e. The molecule has 0 radical (unpaired) electrons. The van der Waals surface area contributed by atoms with Gasteiger partial charge < -0.3 is 9.84 Å². The van der Waals surface area contributed by atoms with E-state index in [1.54, 1.807) is 12.1 Å². The lowest BCUT2D eigenvalue weighted by Crippen LogP contribution is -2.21. The molecular formula is C15H18O3. The molecule has 0 aliphatic heterocycles. The summed E-state index contributed by atoms with van der Waals surface area (Å²) in [4.78, 5) is 11.9. The molecule has 1 fully saturated rings. The van der Waals surface area contributed by atoms with Crippen LogP contribution in [-0.2, 0) is 9.53 Å². The van der Waals surface area contributed by atoms with Crippen molar-refractivity contribution in [3.8, 4) is 5.75 Å². The lowest BCUT2D eigenvalue weighted by molar-refractivity contribution is -0.143. The molecule has 1 aliphatic carbocycles. The van der Waals surface area contributed by atoms with Gasteiger partial charge in [0, 0.05) is 0 Å². The largest absolute Gasteiger partial charge is 0.508 e. The molecule has 3 nitrogen and oxygen atoms in total. The molecule has 1 aromatic rings. The fourth-order valence-corrected chi connectivity index (χ4v) is 2.19. The highest BCUT2D eigenvalue weighted by molar-refractivity contribution is 6.15. The summed E-state index contributed by atoms with van der Waals surface area (Å²) in [6.07, 6.45) is 5.43. The van der Waals surface area contributed by atoms with E-state index in [2.05, 4.69) is 6.58 Å². The molecule has 0 unspecified atom stereocenters. The minimum Gasteiger partial charge on any atom is -0.508 e. The maximum atomic E-state index is 11.9. The summed E-state index contributed by atoms with van der Waals surface area (Å²) in [7, 11) is 0. The highest BCUT2D eigenvalue weighted by atomic mass is 16.5. The third-order valence-corrected chi connectivity index (χ3v) is 3.29. The highest BCUT2D eigenvalue weighted by Crippen LogP contribution is 2.23. The van der Waals surface area contributed by atoms with Crippen LogP contribution in [0.1, 0.15) is 37.7 Å². The van der Waals surface area contributed by atoms with Crippen LogP contribution in [0.4, 0.5) is 0 Å². The van der Waals surface area contributed by atoms with Crippen molar-refractivity contribution in [1.29, 1.82) is 0 Å². The van der Waals surface area contributed by atoms with Gasteiger partial charge in [0.15, 0.2) is 0 Å². The van der Waals surface area contributed by atoms with Crippen LogP contribution in [0.3, 0.4) is 0 Å². The molecule has 0 amide bonds. The van der Waals surface area contributed by atoms with E-state index in [9.17, 15) is 9.90 Å². The Labute approximate surface area is 107 Å². The molecule has 2 rings (SSSR count). The second-order valence-corrected chi connectivity index (χ2v) is 4.69. The SMILES string of the molecule is C=C(C(=O)OC1CCCCC1)c1ccc(O)cc1. The van der Waals surface area contributed by atoms with Crippen molar-refractivity contribution < 1.29 is 14.6 Å². The van der Waals surface area contributed by atoms with Crippen molar-refractivity contribution in [2.24, 2.45) is 0 Å². The summed E-state index contributed by atoms with van der Waals surface area (Å²) in [6, 6.07) is 6.41. The molecule has 0 atom stereocenters. The first-order valence-corrected chi connectivity index (χ1v) is 6.36. The predicted molar refractivity (Wildman–Crippen MR) is 70.1 cm³/mol. The van der Waals surface area contributed by atoms with E-state index in [0.29, 0.717) is 11.1 Å². The van der Waals surface area contributed by atoms with Crippen molar-refractivity contribution in [1.82, 2.24) is 0 Å². The van der Waals surface area contributed by atoms with E-state index in [4.69, 9.17) is 4.74 Å². The van der Waals surface area contributed by atoms with Crippen LogP contribution >= 0.6 is 0 Å². The van der Waals surface area contributed by atoms with E-state index >= 15 is 0 Å². The summed E-state index contributed by atoms with van der Waals surface area (Å²) >= 11 is 0. The average molecular weight is 246 g/mol. The number of hydrogen-bond donors (Lipinski definition) is 1. The summed E-state index contributed by atoms with van der Waals surface area (Å²) in [5.74, 6) is -0.181. The Bertz CT molecular complexity index is 428. The van der Waals surface area contributed by atoms with Crippen LogP contribution in [-0.4, -0.2) is 17.2 Å². The number of aromatic hydroxyl groups is 1. The number of phenols is 1. The molecule has 96 valence electrons. The third kappa shape index (κ3) is 3.13. The Morgan fingerprint density at radius 1 is 1.17 bits per heavy atom. The summed E-state index contributed by atoms with van der Waals surface area (Å²) in [5.41, 5.74) is 1.04. The number of rotatable bonds is 3. The molecule has 0 bridgehead atoms. The van der Waals surface area contributed by atoms with E-state index in [1.807, 2.05) is 0 Å². The number of carbonyl (C=O) groups excluding carboxylic acids is 1. The lowest BCUT2D eigenvalue weighted by Gasteiger charge is -2.22. The molecule has 1 saturated carbocycles. The van der Waals surface area contributed by atoms with Gasteiger partial charge in [0.2, 0.25) is 0 Å². The summed E-state index contributed by atoms with van der Waals surface area (Å²) < 4.78 is 5.44. The number of ether oxygens (including phenoxy) is 1. The molecule has 3 heteroatoms. The Morgan fingerprint density at radius 3 is 2.39 bits per heavy atom. The van der Waals surface area contributed by atoms with E-state index in [0.717, 1.165) is 25.7 Å². The van der Waals surface area contributed by atoms with Crippen LogP contribution in [0.5, 0.6) is 5.75 Å². The topological polar surface area (TPSA) is 46.5 Å². The van der Waals surface area contributed by atoms with Gasteiger partial charge in [-0.3, -0.25) is 0 Å². The van der Waals surface area contributed by atoms with E-state index in [-0.39, 0.29) is 17.8 Å². The zero-order chi connectivity index (χ0) is 13.0. The number of carbonyl (C=O) groups is 1. The fourth-order valence-electron chi connectivity index (χ4n) is 2.19. The number of esters is 1. The maximum absolute atomic E-state index is 11.9. The maximum Gasteiger partial charge on any atom is 0.338 e. The quantitative estimate of drug-likeness (QED) is 0.657. The zero-order valence-corrected chi connectivity index (χ0v) is 10.4. The zero-order valence-electron chi connectivity index (χ0n) is 10.4. The number of hydrogen-bond acceptors (Lipinski definition) is 3. The van der Waals surface area contributed by atoms with Crippen LogP contribution < -0.4 is 0 Å². The molecule has 0 heterocycles. The van der Waals surface area contributed by atoms with Crippen molar-refractivity contribution in [3.63, 3.8) is 0 Å². The lowest BCUT2D eigenvalue weighted by atomic mass is 9.97. The Hall–Kier alpha value is -1.77.